The lowest BCUT2D eigenvalue weighted by atomic mass is 10.3. The van der Waals surface area contributed by atoms with E-state index in [1.54, 1.807) is 6.92 Å². The second kappa shape index (κ2) is 1.72. The fourth-order valence-electron chi connectivity index (χ4n) is 1.11. The van der Waals surface area contributed by atoms with Crippen LogP contribution in [-0.2, 0) is 4.79 Å². The number of carbonyl (C=O) groups is 1. The van der Waals surface area contributed by atoms with Crippen molar-refractivity contribution in [1.82, 2.24) is 4.98 Å². The molecular weight excluding hydrogens is 144 g/mol. The lowest BCUT2D eigenvalue weighted by molar-refractivity contribution is -0.112. The average Bonchev–Trinajstić information content (AvgIpc) is 2.37. The van der Waals surface area contributed by atoms with Crippen molar-refractivity contribution >= 4 is 12.0 Å². The summed E-state index contributed by atoms with van der Waals surface area (Å²) in [6.07, 6.45) is 1.36. The largest absolute Gasteiger partial charge is 0.494 e. The van der Waals surface area contributed by atoms with Gasteiger partial charge in [0.25, 0.3) is 5.91 Å². The molecule has 4 heteroatoms. The van der Waals surface area contributed by atoms with E-state index in [0.29, 0.717) is 16.3 Å². The summed E-state index contributed by atoms with van der Waals surface area (Å²) in [5.41, 5.74) is 0.627. The lowest BCUT2D eigenvalue weighted by Crippen LogP contribution is -2.19. The smallest absolute Gasteiger partial charge is 0.272 e. The summed E-state index contributed by atoms with van der Waals surface area (Å²) in [5, 5.41) is 10.3. The molecule has 0 bridgehead atoms. The standard InChI is InChI=1S/C7H6N2O2/c1-3-6-4(8-7(3)11)2-5(10)9-6/h2,8,11H,1H3. The Morgan fingerprint density at radius 2 is 2.36 bits per heavy atom. The molecule has 1 aliphatic heterocycles. The Morgan fingerprint density at radius 1 is 1.64 bits per heavy atom. The molecule has 1 aromatic heterocycles. The molecule has 56 valence electrons. The molecule has 0 radical (unpaired) electrons. The fourth-order valence-corrected chi connectivity index (χ4v) is 1.11. The van der Waals surface area contributed by atoms with Gasteiger partial charge >= 0.3 is 0 Å². The predicted molar refractivity (Wildman–Crippen MR) is 37.4 cm³/mol. The first-order chi connectivity index (χ1) is 5.18. The van der Waals surface area contributed by atoms with E-state index < -0.39 is 0 Å². The molecule has 0 fully saturated rings. The Kier molecular flexibility index (Phi) is 0.961. The number of amides is 1. The molecule has 11 heavy (non-hydrogen) atoms. The zero-order valence-corrected chi connectivity index (χ0v) is 5.88. The van der Waals surface area contributed by atoms with Gasteiger partial charge in [0.2, 0.25) is 0 Å². The predicted octanol–water partition coefficient (Wildman–Crippen LogP) is -1.03. The number of aromatic nitrogens is 1. The monoisotopic (exact) mass is 150 g/mol. The topological polar surface area (TPSA) is 65.4 Å². The molecule has 0 unspecified atom stereocenters. The summed E-state index contributed by atoms with van der Waals surface area (Å²) in [4.78, 5) is 17.0. The van der Waals surface area contributed by atoms with Crippen molar-refractivity contribution in [2.45, 2.75) is 6.92 Å². The van der Waals surface area contributed by atoms with Crippen molar-refractivity contribution in [3.63, 3.8) is 0 Å². The SMILES string of the molecule is Cc1c(O)[nH]c2c1=NC(=O)C=2. The van der Waals surface area contributed by atoms with Crippen molar-refractivity contribution in [2.24, 2.45) is 4.99 Å². The quantitative estimate of drug-likeness (QED) is 0.496. The molecule has 4 nitrogen and oxygen atoms in total. The van der Waals surface area contributed by atoms with Gasteiger partial charge in [-0.15, -0.1) is 0 Å². The van der Waals surface area contributed by atoms with Crippen LogP contribution in [-0.4, -0.2) is 16.0 Å². The summed E-state index contributed by atoms with van der Waals surface area (Å²) in [7, 11) is 0. The van der Waals surface area contributed by atoms with Crippen LogP contribution in [0, 0.1) is 6.92 Å². The zero-order chi connectivity index (χ0) is 8.01. The van der Waals surface area contributed by atoms with E-state index in [-0.39, 0.29) is 11.8 Å². The van der Waals surface area contributed by atoms with E-state index in [4.69, 9.17) is 5.11 Å². The Balaban J connectivity index is 2.95. The van der Waals surface area contributed by atoms with Gasteiger partial charge in [-0.25, -0.2) is 4.99 Å². The van der Waals surface area contributed by atoms with E-state index in [1.807, 2.05) is 0 Å². The summed E-state index contributed by atoms with van der Waals surface area (Å²) in [6, 6.07) is 0. The van der Waals surface area contributed by atoms with Gasteiger partial charge in [-0.1, -0.05) is 0 Å². The Bertz CT molecular complexity index is 442. The summed E-state index contributed by atoms with van der Waals surface area (Å²) >= 11 is 0. The van der Waals surface area contributed by atoms with Crippen molar-refractivity contribution < 1.29 is 9.90 Å². The van der Waals surface area contributed by atoms with Crippen LogP contribution < -0.4 is 10.7 Å². The van der Waals surface area contributed by atoms with Gasteiger partial charge in [0.15, 0.2) is 5.88 Å². The van der Waals surface area contributed by atoms with Crippen molar-refractivity contribution in [2.75, 3.05) is 0 Å². The molecule has 0 atom stereocenters. The van der Waals surface area contributed by atoms with Crippen LogP contribution in [0.2, 0.25) is 0 Å². The second-order valence-electron chi connectivity index (χ2n) is 2.46. The summed E-state index contributed by atoms with van der Waals surface area (Å²) < 4.78 is 0. The van der Waals surface area contributed by atoms with Gasteiger partial charge in [0, 0.05) is 11.6 Å². The van der Waals surface area contributed by atoms with Crippen molar-refractivity contribution in [3.8, 4) is 5.88 Å². The number of nitrogens with one attached hydrogen (secondary N) is 1. The highest BCUT2D eigenvalue weighted by Crippen LogP contribution is 2.04. The highest BCUT2D eigenvalue weighted by molar-refractivity contribution is 6.06. The van der Waals surface area contributed by atoms with Crippen LogP contribution in [0.1, 0.15) is 5.56 Å². The third-order valence-electron chi connectivity index (χ3n) is 1.71. The molecule has 2 heterocycles. The van der Waals surface area contributed by atoms with Gasteiger partial charge in [-0.05, 0) is 6.92 Å². The minimum absolute atomic E-state index is 0.0856. The number of aromatic hydroxyl groups is 1. The highest BCUT2D eigenvalue weighted by atomic mass is 16.3. The number of nitrogens with zero attached hydrogens (tertiary/aromatic N) is 1. The van der Waals surface area contributed by atoms with Crippen molar-refractivity contribution in [1.29, 1.82) is 0 Å². The first-order valence-electron chi connectivity index (χ1n) is 3.20. The second-order valence-corrected chi connectivity index (χ2v) is 2.46. The number of H-pyrrole nitrogens is 1. The third-order valence-corrected chi connectivity index (χ3v) is 1.71. The van der Waals surface area contributed by atoms with Gasteiger partial charge in [0.1, 0.15) is 0 Å². The fraction of sp³-hybridized carbons (Fsp3) is 0.143. The van der Waals surface area contributed by atoms with E-state index in [9.17, 15) is 4.79 Å². The molecule has 1 amide bonds. The molecule has 0 spiro atoms. The van der Waals surface area contributed by atoms with Gasteiger partial charge in [-0.2, -0.15) is 0 Å². The minimum atomic E-state index is -0.269. The molecule has 0 aliphatic carbocycles. The van der Waals surface area contributed by atoms with Crippen LogP contribution in [0.3, 0.4) is 0 Å². The summed E-state index contributed by atoms with van der Waals surface area (Å²) in [5.74, 6) is -0.183. The minimum Gasteiger partial charge on any atom is -0.494 e. The van der Waals surface area contributed by atoms with Crippen LogP contribution in [0.5, 0.6) is 5.88 Å². The van der Waals surface area contributed by atoms with Crippen molar-refractivity contribution in [3.05, 3.63) is 16.3 Å². The average molecular weight is 150 g/mol. The molecule has 0 saturated heterocycles. The Labute approximate surface area is 61.9 Å². The summed E-state index contributed by atoms with van der Waals surface area (Å²) in [6.45, 7) is 1.71. The van der Waals surface area contributed by atoms with E-state index in [0.717, 1.165) is 0 Å². The molecule has 2 rings (SSSR count). The maximum absolute atomic E-state index is 10.7. The van der Waals surface area contributed by atoms with Gasteiger partial charge in [-0.3, -0.25) is 4.79 Å². The zero-order valence-electron chi connectivity index (χ0n) is 5.88. The van der Waals surface area contributed by atoms with Gasteiger partial charge in [0.05, 0.1) is 10.7 Å². The number of hydrogen-bond acceptors (Lipinski definition) is 2. The van der Waals surface area contributed by atoms with Crippen LogP contribution >= 0.6 is 0 Å². The molecule has 0 saturated carbocycles. The normalized spacial score (nSPS) is 14.1. The highest BCUT2D eigenvalue weighted by Gasteiger charge is 2.10. The van der Waals surface area contributed by atoms with E-state index in [1.165, 1.54) is 6.08 Å². The Hall–Kier alpha value is -1.58. The van der Waals surface area contributed by atoms with Crippen LogP contribution in [0.25, 0.3) is 6.08 Å². The molecule has 1 aromatic rings. The maximum atomic E-state index is 10.7. The molecule has 0 aromatic carbocycles. The first kappa shape index (κ1) is 6.15. The van der Waals surface area contributed by atoms with Gasteiger partial charge < -0.3 is 10.1 Å². The number of rotatable bonds is 0. The maximum Gasteiger partial charge on any atom is 0.272 e. The third kappa shape index (κ3) is 0.690. The van der Waals surface area contributed by atoms with Crippen LogP contribution in [0.4, 0.5) is 0 Å². The number of hydrogen-bond donors (Lipinski definition) is 2. The van der Waals surface area contributed by atoms with E-state index >= 15 is 0 Å². The molecule has 2 N–H and O–H groups in total. The Morgan fingerprint density at radius 3 is 3.00 bits per heavy atom. The molecule has 1 aliphatic rings. The lowest BCUT2D eigenvalue weighted by Gasteiger charge is -1.83. The first-order valence-corrected chi connectivity index (χ1v) is 3.20. The van der Waals surface area contributed by atoms with E-state index in [2.05, 4.69) is 9.98 Å². The van der Waals surface area contributed by atoms with Crippen LogP contribution in [0.15, 0.2) is 4.99 Å². The number of carbonyl (C=O) groups excluding carboxylic acids is 1. The molecular formula is C7H6N2O2. The number of fused-ring (bicyclic) bond motifs is 1. The number of aromatic amines is 1.